The van der Waals surface area contributed by atoms with E-state index >= 15 is 0 Å². The molecule has 3 N–H and O–H groups in total. The van der Waals surface area contributed by atoms with Crippen molar-refractivity contribution in [3.63, 3.8) is 0 Å². The van der Waals surface area contributed by atoms with Crippen molar-refractivity contribution in [1.82, 2.24) is 0 Å². The molecular formula is C14H15N3O3S. The van der Waals surface area contributed by atoms with Gasteiger partial charge in [0.05, 0.1) is 4.92 Å². The van der Waals surface area contributed by atoms with Crippen LogP contribution in [-0.4, -0.2) is 10.8 Å². The quantitative estimate of drug-likeness (QED) is 0.633. The summed E-state index contributed by atoms with van der Waals surface area (Å²) in [5.41, 5.74) is 6.71. The van der Waals surface area contributed by atoms with Gasteiger partial charge in [-0.3, -0.25) is 14.9 Å². The Kier molecular flexibility index (Phi) is 4.54. The Morgan fingerprint density at radius 2 is 2.19 bits per heavy atom. The number of carbonyl (C=O) groups excluding carboxylic acids is 1. The highest BCUT2D eigenvalue weighted by Gasteiger charge is 2.16. The predicted molar refractivity (Wildman–Crippen MR) is 82.6 cm³/mol. The summed E-state index contributed by atoms with van der Waals surface area (Å²) in [5.74, 6) is -0.684. The molecule has 0 saturated carbocycles. The number of nitrogens with one attached hydrogen (secondary N) is 1. The van der Waals surface area contributed by atoms with Crippen molar-refractivity contribution in [2.45, 2.75) is 19.9 Å². The SMILES string of the molecule is CCc1ccsc1CNc1ccc(C(N)=O)cc1[N+](=O)[O-]. The summed E-state index contributed by atoms with van der Waals surface area (Å²) in [6.45, 7) is 2.58. The van der Waals surface area contributed by atoms with E-state index in [-0.39, 0.29) is 11.3 Å². The van der Waals surface area contributed by atoms with E-state index < -0.39 is 10.8 Å². The van der Waals surface area contributed by atoms with Gasteiger partial charge in [-0.05, 0) is 35.6 Å². The van der Waals surface area contributed by atoms with E-state index in [1.54, 1.807) is 11.3 Å². The predicted octanol–water partition coefficient (Wildman–Crippen LogP) is 2.93. The van der Waals surface area contributed by atoms with Gasteiger partial charge in [-0.25, -0.2) is 0 Å². The fourth-order valence-corrected chi connectivity index (χ4v) is 2.91. The Hall–Kier alpha value is -2.41. The first-order chi connectivity index (χ1) is 10.0. The molecule has 0 saturated heterocycles. The van der Waals surface area contributed by atoms with Crippen molar-refractivity contribution in [2.24, 2.45) is 5.73 Å². The van der Waals surface area contributed by atoms with Crippen LogP contribution in [0.2, 0.25) is 0 Å². The summed E-state index contributed by atoms with van der Waals surface area (Å²) in [4.78, 5) is 22.8. The monoisotopic (exact) mass is 305 g/mol. The molecule has 1 aromatic heterocycles. The molecule has 0 bridgehead atoms. The van der Waals surface area contributed by atoms with Gasteiger partial charge in [-0.15, -0.1) is 11.3 Å². The van der Waals surface area contributed by atoms with E-state index in [0.717, 1.165) is 11.3 Å². The van der Waals surface area contributed by atoms with Crippen LogP contribution in [0, 0.1) is 10.1 Å². The highest BCUT2D eigenvalue weighted by molar-refractivity contribution is 7.10. The van der Waals surface area contributed by atoms with Gasteiger partial charge in [-0.1, -0.05) is 6.92 Å². The number of anilines is 1. The zero-order valence-electron chi connectivity index (χ0n) is 11.5. The van der Waals surface area contributed by atoms with Crippen LogP contribution in [0.1, 0.15) is 27.7 Å². The Balaban J connectivity index is 2.23. The molecule has 0 spiro atoms. The zero-order chi connectivity index (χ0) is 15.4. The van der Waals surface area contributed by atoms with E-state index in [1.807, 2.05) is 11.4 Å². The molecule has 0 atom stereocenters. The molecule has 110 valence electrons. The number of nitro benzene ring substituents is 1. The largest absolute Gasteiger partial charge is 0.375 e. The van der Waals surface area contributed by atoms with Crippen LogP contribution in [0.3, 0.4) is 0 Å². The molecule has 21 heavy (non-hydrogen) atoms. The van der Waals surface area contributed by atoms with Gasteiger partial charge < -0.3 is 11.1 Å². The molecule has 1 heterocycles. The molecule has 2 aromatic rings. The van der Waals surface area contributed by atoms with E-state index in [4.69, 9.17) is 5.73 Å². The molecule has 0 unspecified atom stereocenters. The third kappa shape index (κ3) is 3.38. The number of hydrogen-bond acceptors (Lipinski definition) is 5. The second-order valence-electron chi connectivity index (χ2n) is 4.43. The summed E-state index contributed by atoms with van der Waals surface area (Å²) in [6, 6.07) is 6.23. The topological polar surface area (TPSA) is 98.3 Å². The second-order valence-corrected chi connectivity index (χ2v) is 5.43. The molecule has 1 aromatic carbocycles. The number of hydrogen-bond donors (Lipinski definition) is 2. The second kappa shape index (κ2) is 6.36. The zero-order valence-corrected chi connectivity index (χ0v) is 12.3. The van der Waals surface area contributed by atoms with Gasteiger partial charge in [0.25, 0.3) is 5.69 Å². The minimum absolute atomic E-state index is 0.123. The third-order valence-corrected chi connectivity index (χ3v) is 4.10. The maximum absolute atomic E-state index is 11.1. The molecule has 0 aliphatic heterocycles. The van der Waals surface area contributed by atoms with Crippen LogP contribution in [0.25, 0.3) is 0 Å². The van der Waals surface area contributed by atoms with Crippen LogP contribution in [-0.2, 0) is 13.0 Å². The van der Waals surface area contributed by atoms with Crippen molar-refractivity contribution >= 4 is 28.6 Å². The highest BCUT2D eigenvalue weighted by atomic mass is 32.1. The maximum atomic E-state index is 11.1. The van der Waals surface area contributed by atoms with Crippen molar-refractivity contribution in [2.75, 3.05) is 5.32 Å². The lowest BCUT2D eigenvalue weighted by molar-refractivity contribution is -0.384. The molecular weight excluding hydrogens is 290 g/mol. The summed E-state index contributed by atoms with van der Waals surface area (Å²) >= 11 is 1.61. The van der Waals surface area contributed by atoms with Gasteiger partial charge in [0.1, 0.15) is 5.69 Å². The summed E-state index contributed by atoms with van der Waals surface area (Å²) in [7, 11) is 0. The molecule has 2 rings (SSSR count). The smallest absolute Gasteiger partial charge is 0.293 e. The van der Waals surface area contributed by atoms with E-state index in [2.05, 4.69) is 12.2 Å². The van der Waals surface area contributed by atoms with E-state index in [0.29, 0.717) is 12.2 Å². The molecule has 6 nitrogen and oxygen atoms in total. The van der Waals surface area contributed by atoms with Crippen LogP contribution in [0.4, 0.5) is 11.4 Å². The summed E-state index contributed by atoms with van der Waals surface area (Å²) < 4.78 is 0. The molecule has 1 amide bonds. The first-order valence-electron chi connectivity index (χ1n) is 6.40. The van der Waals surface area contributed by atoms with Crippen molar-refractivity contribution in [3.8, 4) is 0 Å². The molecule has 0 radical (unpaired) electrons. The number of thiophene rings is 1. The van der Waals surface area contributed by atoms with Crippen molar-refractivity contribution < 1.29 is 9.72 Å². The number of aryl methyl sites for hydroxylation is 1. The number of carbonyl (C=O) groups is 1. The lowest BCUT2D eigenvalue weighted by Gasteiger charge is -2.08. The van der Waals surface area contributed by atoms with Gasteiger partial charge in [0.15, 0.2) is 0 Å². The van der Waals surface area contributed by atoms with Gasteiger partial charge in [0.2, 0.25) is 5.91 Å². The average Bonchev–Trinajstić information content (AvgIpc) is 2.92. The minimum Gasteiger partial charge on any atom is -0.375 e. The first-order valence-corrected chi connectivity index (χ1v) is 7.28. The Morgan fingerprint density at radius 1 is 1.43 bits per heavy atom. The number of nitro groups is 1. The number of rotatable bonds is 6. The third-order valence-electron chi connectivity index (χ3n) is 3.14. The lowest BCUT2D eigenvalue weighted by Crippen LogP contribution is -2.12. The van der Waals surface area contributed by atoms with E-state index in [1.165, 1.54) is 23.8 Å². The Bertz CT molecular complexity index is 682. The van der Waals surface area contributed by atoms with Gasteiger partial charge in [0, 0.05) is 23.1 Å². The van der Waals surface area contributed by atoms with Crippen LogP contribution < -0.4 is 11.1 Å². The average molecular weight is 305 g/mol. The summed E-state index contributed by atoms with van der Waals surface area (Å²) in [6.07, 6.45) is 0.920. The first kappa shape index (κ1) is 15.0. The number of primary amides is 1. The van der Waals surface area contributed by atoms with E-state index in [9.17, 15) is 14.9 Å². The summed E-state index contributed by atoms with van der Waals surface area (Å²) in [5, 5.41) is 16.2. The van der Waals surface area contributed by atoms with Crippen molar-refractivity contribution in [1.29, 1.82) is 0 Å². The molecule has 0 aliphatic carbocycles. The van der Waals surface area contributed by atoms with Gasteiger partial charge >= 0.3 is 0 Å². The van der Waals surface area contributed by atoms with Gasteiger partial charge in [-0.2, -0.15) is 0 Å². The fraction of sp³-hybridized carbons (Fsp3) is 0.214. The minimum atomic E-state index is -0.684. The number of nitrogens with two attached hydrogens (primary N) is 1. The normalized spacial score (nSPS) is 10.3. The fourth-order valence-electron chi connectivity index (χ4n) is 2.00. The van der Waals surface area contributed by atoms with Crippen molar-refractivity contribution in [3.05, 3.63) is 55.8 Å². The number of amides is 1. The van der Waals surface area contributed by atoms with Crippen LogP contribution in [0.15, 0.2) is 29.6 Å². The van der Waals surface area contributed by atoms with Crippen LogP contribution in [0.5, 0.6) is 0 Å². The number of benzene rings is 1. The molecule has 7 heteroatoms. The number of nitrogens with zero attached hydrogens (tertiary/aromatic N) is 1. The standard InChI is InChI=1S/C14H15N3O3S/c1-2-9-5-6-21-13(9)8-16-11-4-3-10(14(15)18)7-12(11)17(19)20/h3-7,16H,2,8H2,1H3,(H2,15,18). The lowest BCUT2D eigenvalue weighted by atomic mass is 10.1. The maximum Gasteiger partial charge on any atom is 0.293 e. The molecule has 0 aliphatic rings. The van der Waals surface area contributed by atoms with Crippen LogP contribution >= 0.6 is 11.3 Å². The molecule has 0 fully saturated rings. The Morgan fingerprint density at radius 3 is 2.81 bits per heavy atom. The highest BCUT2D eigenvalue weighted by Crippen LogP contribution is 2.27. The Labute approximate surface area is 125 Å².